The van der Waals surface area contributed by atoms with Gasteiger partial charge in [0, 0.05) is 37.7 Å². The van der Waals surface area contributed by atoms with E-state index in [0.717, 1.165) is 93.7 Å². The highest BCUT2D eigenvalue weighted by Gasteiger charge is 2.22. The van der Waals surface area contributed by atoms with Crippen LogP contribution in [0.25, 0.3) is 104 Å². The zero-order valence-electron chi connectivity index (χ0n) is 24.5. The van der Waals surface area contributed by atoms with Crippen molar-refractivity contribution in [2.75, 3.05) is 0 Å². The molecule has 0 aliphatic rings. The van der Waals surface area contributed by atoms with Gasteiger partial charge in [0.2, 0.25) is 0 Å². The summed E-state index contributed by atoms with van der Waals surface area (Å²) in [7, 11) is 0. The van der Waals surface area contributed by atoms with E-state index in [-0.39, 0.29) is 0 Å². The standard InChI is InChI=1S/C42H23NO3/c1-4-14-32-26(9-1)29-21-22-37-40(30-11-3-6-17-35(30)44-37)41(29)43(32)33-15-7-13-31-39-25(12-8-18-36(39)46-42(31)33)24-19-20-28-27-10-2-5-16-34(27)45-38(28)23-24/h1-23H. The van der Waals surface area contributed by atoms with Crippen molar-refractivity contribution in [1.82, 2.24) is 4.57 Å². The minimum Gasteiger partial charge on any atom is -0.456 e. The summed E-state index contributed by atoms with van der Waals surface area (Å²) in [6, 6.07) is 48.7. The first-order chi connectivity index (χ1) is 22.8. The SMILES string of the molecule is c1ccc2c(c1)oc1cc(-c3cccc4oc5c(-n6c7ccccc7c7ccc8oc9ccccc9c8c76)cccc5c34)ccc12. The van der Waals surface area contributed by atoms with Crippen molar-refractivity contribution in [2.45, 2.75) is 0 Å². The van der Waals surface area contributed by atoms with E-state index in [0.29, 0.717) is 0 Å². The smallest absolute Gasteiger partial charge is 0.159 e. The van der Waals surface area contributed by atoms with E-state index in [1.165, 1.54) is 10.8 Å². The van der Waals surface area contributed by atoms with Gasteiger partial charge in [-0.15, -0.1) is 0 Å². The van der Waals surface area contributed by atoms with Crippen LogP contribution in [0.1, 0.15) is 0 Å². The quantitative estimate of drug-likeness (QED) is 0.201. The predicted molar refractivity (Wildman–Crippen MR) is 188 cm³/mol. The Morgan fingerprint density at radius 1 is 0.391 bits per heavy atom. The molecular weight excluding hydrogens is 566 g/mol. The molecule has 4 heteroatoms. The van der Waals surface area contributed by atoms with E-state index in [9.17, 15) is 0 Å². The average molecular weight is 590 g/mol. The number of fused-ring (bicyclic) bond motifs is 13. The Labute approximate surface area is 261 Å². The van der Waals surface area contributed by atoms with Crippen molar-refractivity contribution < 1.29 is 13.3 Å². The van der Waals surface area contributed by atoms with Gasteiger partial charge in [-0.3, -0.25) is 0 Å². The highest BCUT2D eigenvalue weighted by Crippen LogP contribution is 2.44. The lowest BCUT2D eigenvalue weighted by Gasteiger charge is -2.09. The fraction of sp³-hybridized carbons (Fsp3) is 0. The van der Waals surface area contributed by atoms with Gasteiger partial charge in [0.15, 0.2) is 5.58 Å². The molecule has 0 amide bonds. The molecule has 7 aromatic carbocycles. The molecular formula is C42H23NO3. The maximum Gasteiger partial charge on any atom is 0.159 e. The summed E-state index contributed by atoms with van der Waals surface area (Å²) in [5.74, 6) is 0. The van der Waals surface area contributed by atoms with E-state index in [4.69, 9.17) is 13.3 Å². The molecule has 11 rings (SSSR count). The summed E-state index contributed by atoms with van der Waals surface area (Å²) in [6.07, 6.45) is 0. The van der Waals surface area contributed by atoms with Crippen LogP contribution < -0.4 is 0 Å². The molecule has 0 unspecified atom stereocenters. The molecule has 0 N–H and O–H groups in total. The van der Waals surface area contributed by atoms with Crippen LogP contribution in [-0.4, -0.2) is 4.57 Å². The van der Waals surface area contributed by atoms with Gasteiger partial charge in [-0.05, 0) is 65.7 Å². The van der Waals surface area contributed by atoms with Crippen LogP contribution in [0.2, 0.25) is 0 Å². The molecule has 4 nitrogen and oxygen atoms in total. The Kier molecular flexibility index (Phi) is 4.55. The number of para-hydroxylation sites is 4. The summed E-state index contributed by atoms with van der Waals surface area (Å²) in [6.45, 7) is 0. The molecule has 214 valence electrons. The number of hydrogen-bond donors (Lipinski definition) is 0. The third kappa shape index (κ3) is 3.07. The fourth-order valence-electron chi connectivity index (χ4n) is 7.66. The maximum absolute atomic E-state index is 6.82. The van der Waals surface area contributed by atoms with Gasteiger partial charge in [0.05, 0.1) is 22.1 Å². The first kappa shape index (κ1) is 24.1. The van der Waals surface area contributed by atoms with Crippen LogP contribution in [-0.2, 0) is 0 Å². The Hall–Kier alpha value is -6.26. The molecule has 0 fully saturated rings. The summed E-state index contributed by atoms with van der Waals surface area (Å²) in [5, 5.41) is 9.00. The molecule has 11 aromatic rings. The molecule has 0 aliphatic heterocycles. The lowest BCUT2D eigenvalue weighted by Crippen LogP contribution is -1.94. The second kappa shape index (κ2) is 8.68. The summed E-state index contributed by atoms with van der Waals surface area (Å²) < 4.78 is 21.8. The lowest BCUT2D eigenvalue weighted by atomic mass is 9.98. The molecule has 4 heterocycles. The molecule has 4 aromatic heterocycles. The summed E-state index contributed by atoms with van der Waals surface area (Å²) >= 11 is 0. The predicted octanol–water partition coefficient (Wildman–Crippen LogP) is 12.1. The fourth-order valence-corrected chi connectivity index (χ4v) is 7.66. The zero-order valence-corrected chi connectivity index (χ0v) is 24.5. The van der Waals surface area contributed by atoms with E-state index >= 15 is 0 Å². The van der Waals surface area contributed by atoms with E-state index in [1.54, 1.807) is 0 Å². The van der Waals surface area contributed by atoms with Crippen LogP contribution in [0.4, 0.5) is 0 Å². The summed E-state index contributed by atoms with van der Waals surface area (Å²) in [4.78, 5) is 0. The average Bonchev–Trinajstić information content (AvgIpc) is 3.86. The Morgan fingerprint density at radius 2 is 1.04 bits per heavy atom. The van der Waals surface area contributed by atoms with Gasteiger partial charge in [-0.1, -0.05) is 84.9 Å². The second-order valence-corrected chi connectivity index (χ2v) is 12.0. The van der Waals surface area contributed by atoms with Crippen molar-refractivity contribution in [3.8, 4) is 16.8 Å². The molecule has 0 spiro atoms. The molecule has 46 heavy (non-hydrogen) atoms. The topological polar surface area (TPSA) is 44.4 Å². The molecule has 0 saturated heterocycles. The van der Waals surface area contributed by atoms with Crippen molar-refractivity contribution in [3.05, 3.63) is 140 Å². The van der Waals surface area contributed by atoms with Crippen LogP contribution in [0.3, 0.4) is 0 Å². The monoisotopic (exact) mass is 589 g/mol. The van der Waals surface area contributed by atoms with Crippen molar-refractivity contribution >= 4 is 87.6 Å². The largest absolute Gasteiger partial charge is 0.456 e. The number of benzene rings is 7. The minimum atomic E-state index is 0.849. The normalized spacial score (nSPS) is 12.3. The van der Waals surface area contributed by atoms with Crippen LogP contribution >= 0.6 is 0 Å². The number of hydrogen-bond acceptors (Lipinski definition) is 3. The van der Waals surface area contributed by atoms with E-state index < -0.39 is 0 Å². The Balaban J connectivity index is 1.23. The minimum absolute atomic E-state index is 0.849. The zero-order chi connectivity index (χ0) is 29.9. The van der Waals surface area contributed by atoms with E-state index in [1.807, 2.05) is 24.3 Å². The molecule has 0 atom stereocenters. The lowest BCUT2D eigenvalue weighted by molar-refractivity contribution is 0.666. The number of rotatable bonds is 2. The van der Waals surface area contributed by atoms with E-state index in [2.05, 4.69) is 120 Å². The maximum atomic E-state index is 6.82. The first-order valence-corrected chi connectivity index (χ1v) is 15.5. The second-order valence-electron chi connectivity index (χ2n) is 12.0. The van der Waals surface area contributed by atoms with Crippen molar-refractivity contribution in [2.24, 2.45) is 0 Å². The Morgan fingerprint density at radius 3 is 1.96 bits per heavy atom. The Bertz CT molecular complexity index is 3040. The molecule has 0 bridgehead atoms. The number of aromatic nitrogens is 1. The van der Waals surface area contributed by atoms with Crippen molar-refractivity contribution in [3.63, 3.8) is 0 Å². The van der Waals surface area contributed by atoms with Crippen LogP contribution in [0.5, 0.6) is 0 Å². The highest BCUT2D eigenvalue weighted by molar-refractivity contribution is 6.25. The molecule has 0 saturated carbocycles. The molecule has 0 aliphatic carbocycles. The van der Waals surface area contributed by atoms with Crippen molar-refractivity contribution in [1.29, 1.82) is 0 Å². The number of nitrogens with zero attached hydrogens (tertiary/aromatic N) is 1. The third-order valence-electron chi connectivity index (χ3n) is 9.61. The van der Waals surface area contributed by atoms with Crippen LogP contribution in [0, 0.1) is 0 Å². The van der Waals surface area contributed by atoms with Gasteiger partial charge < -0.3 is 17.8 Å². The number of furan rings is 3. The van der Waals surface area contributed by atoms with Gasteiger partial charge in [0.25, 0.3) is 0 Å². The third-order valence-corrected chi connectivity index (χ3v) is 9.61. The van der Waals surface area contributed by atoms with Gasteiger partial charge in [-0.2, -0.15) is 0 Å². The highest BCUT2D eigenvalue weighted by atomic mass is 16.3. The molecule has 0 radical (unpaired) electrons. The van der Waals surface area contributed by atoms with Crippen LogP contribution in [0.15, 0.2) is 153 Å². The van der Waals surface area contributed by atoms with Gasteiger partial charge in [-0.25, -0.2) is 0 Å². The van der Waals surface area contributed by atoms with Gasteiger partial charge >= 0.3 is 0 Å². The van der Waals surface area contributed by atoms with Gasteiger partial charge in [0.1, 0.15) is 27.9 Å². The first-order valence-electron chi connectivity index (χ1n) is 15.5. The summed E-state index contributed by atoms with van der Waals surface area (Å²) in [5.41, 5.74) is 10.7.